The van der Waals surface area contributed by atoms with Crippen molar-refractivity contribution >= 4 is 17.8 Å². The molecular weight excluding hydrogens is 367 g/mol. The SMILES string of the molecule is O=C(N/N=C/c1ccc(Oc2ccc([N+](=O)[O-])cn2)cc1)c1cccc(F)c1. The second-order valence-corrected chi connectivity index (χ2v) is 5.49. The molecule has 1 amide bonds. The molecule has 0 radical (unpaired) electrons. The molecule has 0 saturated heterocycles. The molecule has 2 aromatic carbocycles. The Labute approximate surface area is 158 Å². The van der Waals surface area contributed by atoms with E-state index < -0.39 is 16.6 Å². The van der Waals surface area contributed by atoms with E-state index in [0.29, 0.717) is 11.3 Å². The number of nitrogens with zero attached hydrogens (tertiary/aromatic N) is 3. The number of aromatic nitrogens is 1. The summed E-state index contributed by atoms with van der Waals surface area (Å²) in [5.41, 5.74) is 3.03. The topological polar surface area (TPSA) is 107 Å². The Morgan fingerprint density at radius 2 is 1.96 bits per heavy atom. The summed E-state index contributed by atoms with van der Waals surface area (Å²) in [5.74, 6) is -0.341. The van der Waals surface area contributed by atoms with Crippen LogP contribution in [0.1, 0.15) is 15.9 Å². The number of benzene rings is 2. The fourth-order valence-corrected chi connectivity index (χ4v) is 2.14. The Morgan fingerprint density at radius 1 is 1.18 bits per heavy atom. The minimum absolute atomic E-state index is 0.126. The first-order valence-corrected chi connectivity index (χ1v) is 7.98. The lowest BCUT2D eigenvalue weighted by molar-refractivity contribution is -0.385. The summed E-state index contributed by atoms with van der Waals surface area (Å²) in [6.07, 6.45) is 2.53. The van der Waals surface area contributed by atoms with Gasteiger partial charge >= 0.3 is 0 Å². The molecule has 0 fully saturated rings. The molecule has 8 nitrogen and oxygen atoms in total. The van der Waals surface area contributed by atoms with Gasteiger partial charge in [-0.1, -0.05) is 6.07 Å². The van der Waals surface area contributed by atoms with Gasteiger partial charge in [0, 0.05) is 17.7 Å². The lowest BCUT2D eigenvalue weighted by Gasteiger charge is -2.04. The number of hydrogen-bond donors (Lipinski definition) is 1. The summed E-state index contributed by atoms with van der Waals surface area (Å²) >= 11 is 0. The van der Waals surface area contributed by atoms with E-state index in [1.54, 1.807) is 24.3 Å². The normalized spacial score (nSPS) is 10.6. The first-order valence-electron chi connectivity index (χ1n) is 7.98. The second kappa shape index (κ2) is 8.49. The van der Waals surface area contributed by atoms with Crippen molar-refractivity contribution in [3.63, 3.8) is 0 Å². The quantitative estimate of drug-likeness (QED) is 0.399. The Morgan fingerprint density at radius 3 is 2.61 bits per heavy atom. The van der Waals surface area contributed by atoms with Crippen molar-refractivity contribution < 1.29 is 18.8 Å². The molecule has 1 N–H and O–H groups in total. The van der Waals surface area contributed by atoms with Gasteiger partial charge in [0.2, 0.25) is 5.88 Å². The van der Waals surface area contributed by atoms with E-state index in [1.807, 2.05) is 0 Å². The fourth-order valence-electron chi connectivity index (χ4n) is 2.14. The number of hydrogen-bond acceptors (Lipinski definition) is 6. The van der Waals surface area contributed by atoms with Crippen LogP contribution in [-0.2, 0) is 0 Å². The average Bonchev–Trinajstić information content (AvgIpc) is 2.69. The van der Waals surface area contributed by atoms with Crippen molar-refractivity contribution in [2.24, 2.45) is 5.10 Å². The molecule has 0 unspecified atom stereocenters. The van der Waals surface area contributed by atoms with Crippen LogP contribution in [0.2, 0.25) is 0 Å². The number of carbonyl (C=O) groups excluding carboxylic acids is 1. The molecule has 9 heteroatoms. The molecule has 0 aliphatic rings. The summed E-state index contributed by atoms with van der Waals surface area (Å²) in [6, 6.07) is 14.7. The molecular formula is C19H13FN4O4. The molecule has 0 atom stereocenters. The minimum Gasteiger partial charge on any atom is -0.439 e. The lowest BCUT2D eigenvalue weighted by atomic mass is 10.2. The Hall–Kier alpha value is -4.14. The number of ether oxygens (including phenoxy) is 1. The lowest BCUT2D eigenvalue weighted by Crippen LogP contribution is -2.17. The molecule has 1 aromatic heterocycles. The molecule has 28 heavy (non-hydrogen) atoms. The van der Waals surface area contributed by atoms with Crippen LogP contribution in [0.25, 0.3) is 0 Å². The first-order chi connectivity index (χ1) is 13.5. The predicted molar refractivity (Wildman–Crippen MR) is 98.9 cm³/mol. The van der Waals surface area contributed by atoms with Gasteiger partial charge in [-0.2, -0.15) is 5.10 Å². The number of nitro groups is 1. The summed E-state index contributed by atoms with van der Waals surface area (Å²) < 4.78 is 18.6. The van der Waals surface area contributed by atoms with E-state index in [0.717, 1.165) is 12.3 Å². The summed E-state index contributed by atoms with van der Waals surface area (Å²) in [4.78, 5) is 25.8. The number of hydrazone groups is 1. The number of carbonyl (C=O) groups is 1. The number of pyridine rings is 1. The van der Waals surface area contributed by atoms with Gasteiger partial charge in [0.05, 0.1) is 11.1 Å². The van der Waals surface area contributed by atoms with Gasteiger partial charge in [0.25, 0.3) is 11.6 Å². The Kier molecular flexibility index (Phi) is 5.66. The largest absolute Gasteiger partial charge is 0.439 e. The zero-order valence-corrected chi connectivity index (χ0v) is 14.3. The molecule has 3 aromatic rings. The molecule has 0 aliphatic heterocycles. The number of rotatable bonds is 6. The molecule has 1 heterocycles. The Balaban J connectivity index is 1.57. The van der Waals surface area contributed by atoms with E-state index in [9.17, 15) is 19.3 Å². The monoisotopic (exact) mass is 380 g/mol. The maximum absolute atomic E-state index is 13.1. The van der Waals surface area contributed by atoms with Gasteiger partial charge in [0.15, 0.2) is 0 Å². The zero-order chi connectivity index (χ0) is 19.9. The van der Waals surface area contributed by atoms with Crippen LogP contribution in [0, 0.1) is 15.9 Å². The van der Waals surface area contributed by atoms with Crippen LogP contribution in [0.15, 0.2) is 72.0 Å². The van der Waals surface area contributed by atoms with Gasteiger partial charge in [-0.25, -0.2) is 14.8 Å². The average molecular weight is 380 g/mol. The maximum atomic E-state index is 13.1. The fraction of sp³-hybridized carbons (Fsp3) is 0. The summed E-state index contributed by atoms with van der Waals surface area (Å²) in [5, 5.41) is 14.4. The smallest absolute Gasteiger partial charge is 0.287 e. The molecule has 0 spiro atoms. The molecule has 140 valence electrons. The number of nitrogens with one attached hydrogen (secondary N) is 1. The van der Waals surface area contributed by atoms with E-state index >= 15 is 0 Å². The second-order valence-electron chi connectivity index (χ2n) is 5.49. The zero-order valence-electron chi connectivity index (χ0n) is 14.3. The van der Waals surface area contributed by atoms with Gasteiger partial charge in [-0.05, 0) is 48.0 Å². The van der Waals surface area contributed by atoms with Crippen LogP contribution in [-0.4, -0.2) is 22.0 Å². The van der Waals surface area contributed by atoms with Gasteiger partial charge in [-0.3, -0.25) is 14.9 Å². The van der Waals surface area contributed by atoms with Crippen molar-refractivity contribution in [2.45, 2.75) is 0 Å². The summed E-state index contributed by atoms with van der Waals surface area (Å²) in [7, 11) is 0. The summed E-state index contributed by atoms with van der Waals surface area (Å²) in [6.45, 7) is 0. The van der Waals surface area contributed by atoms with E-state index in [4.69, 9.17) is 4.74 Å². The van der Waals surface area contributed by atoms with E-state index in [1.165, 1.54) is 36.5 Å². The van der Waals surface area contributed by atoms with Crippen molar-refractivity contribution in [1.82, 2.24) is 10.4 Å². The third-order valence-electron chi connectivity index (χ3n) is 3.50. The number of halogens is 1. The molecule has 0 bridgehead atoms. The first kappa shape index (κ1) is 18.6. The molecule has 3 rings (SSSR count). The Bertz CT molecular complexity index is 1020. The van der Waals surface area contributed by atoms with E-state index in [-0.39, 0.29) is 17.1 Å². The van der Waals surface area contributed by atoms with Crippen LogP contribution in [0.4, 0.5) is 10.1 Å². The van der Waals surface area contributed by atoms with Crippen LogP contribution < -0.4 is 10.2 Å². The van der Waals surface area contributed by atoms with Crippen molar-refractivity contribution in [1.29, 1.82) is 0 Å². The van der Waals surface area contributed by atoms with Crippen molar-refractivity contribution in [3.8, 4) is 11.6 Å². The van der Waals surface area contributed by atoms with Crippen molar-refractivity contribution in [3.05, 3.63) is 93.9 Å². The highest BCUT2D eigenvalue weighted by Gasteiger charge is 2.07. The highest BCUT2D eigenvalue weighted by Crippen LogP contribution is 2.21. The molecule has 0 aliphatic carbocycles. The predicted octanol–water partition coefficient (Wildman–Crippen LogP) is 3.69. The van der Waals surface area contributed by atoms with Crippen LogP contribution in [0.5, 0.6) is 11.6 Å². The molecule has 0 saturated carbocycles. The number of amides is 1. The minimum atomic E-state index is -0.544. The highest BCUT2D eigenvalue weighted by atomic mass is 19.1. The van der Waals surface area contributed by atoms with Gasteiger partial charge < -0.3 is 4.74 Å². The van der Waals surface area contributed by atoms with Crippen LogP contribution >= 0.6 is 0 Å². The van der Waals surface area contributed by atoms with Crippen LogP contribution in [0.3, 0.4) is 0 Å². The van der Waals surface area contributed by atoms with Crippen molar-refractivity contribution in [2.75, 3.05) is 0 Å². The third kappa shape index (κ3) is 4.94. The van der Waals surface area contributed by atoms with E-state index in [2.05, 4.69) is 15.5 Å². The maximum Gasteiger partial charge on any atom is 0.287 e. The van der Waals surface area contributed by atoms with Gasteiger partial charge in [0.1, 0.15) is 17.8 Å². The highest BCUT2D eigenvalue weighted by molar-refractivity contribution is 5.94. The standard InChI is InChI=1S/C19H13FN4O4/c20-15-3-1-2-14(10-15)19(25)23-22-11-13-4-7-17(8-5-13)28-18-9-6-16(12-21-18)24(26)27/h1-12H,(H,23,25)/b22-11+. The van der Waals surface area contributed by atoms with Gasteiger partial charge in [-0.15, -0.1) is 0 Å². The third-order valence-corrected chi connectivity index (χ3v) is 3.50.